The first kappa shape index (κ1) is 38.8. The largest absolute Gasteiger partial charge is 0.507 e. The summed E-state index contributed by atoms with van der Waals surface area (Å²) in [4.78, 5) is 41.9. The minimum absolute atomic E-state index is 0.0323. The van der Waals surface area contributed by atoms with Crippen LogP contribution in [-0.2, 0) is 14.3 Å². The quantitative estimate of drug-likeness (QED) is 0.188. The van der Waals surface area contributed by atoms with E-state index in [1.54, 1.807) is 31.2 Å². The molecule has 0 aliphatic carbocycles. The van der Waals surface area contributed by atoms with Gasteiger partial charge in [0.1, 0.15) is 22.8 Å². The maximum Gasteiger partial charge on any atom is 0.342 e. The average Bonchev–Trinajstić information content (AvgIpc) is 3.10. The summed E-state index contributed by atoms with van der Waals surface area (Å²) in [6.45, 7) is 2.03. The highest BCUT2D eigenvalue weighted by atomic mass is 16.5. The Morgan fingerprint density at radius 2 is 1.63 bits per heavy atom. The fourth-order valence-electron chi connectivity index (χ4n) is 6.45. The number of phenols is 2. The van der Waals surface area contributed by atoms with Crippen LogP contribution in [0.1, 0.15) is 96.4 Å². The number of hydrogen-bond acceptors (Lipinski definition) is 10. The molecular weight excluding hydrogens is 652 g/mol. The van der Waals surface area contributed by atoms with E-state index in [1.165, 1.54) is 27.4 Å². The predicted octanol–water partition coefficient (Wildman–Crippen LogP) is 6.55. The van der Waals surface area contributed by atoms with Gasteiger partial charge in [0, 0.05) is 37.3 Å². The number of cyclic esters (lactones) is 1. The summed E-state index contributed by atoms with van der Waals surface area (Å²) in [6.07, 6.45) is 5.77. The van der Waals surface area contributed by atoms with Gasteiger partial charge in [0.25, 0.3) is 0 Å². The molecule has 0 bridgehead atoms. The van der Waals surface area contributed by atoms with Crippen molar-refractivity contribution in [2.24, 2.45) is 0 Å². The number of ketones is 1. The number of nitrogens with one attached hydrogen (secondary N) is 1. The van der Waals surface area contributed by atoms with Gasteiger partial charge < -0.3 is 39.4 Å². The molecule has 0 saturated heterocycles. The third-order valence-electron chi connectivity index (χ3n) is 9.18. The van der Waals surface area contributed by atoms with Crippen LogP contribution in [0, 0.1) is 0 Å². The van der Waals surface area contributed by atoms with Gasteiger partial charge in [-0.2, -0.15) is 0 Å². The summed E-state index contributed by atoms with van der Waals surface area (Å²) < 4.78 is 22.5. The van der Waals surface area contributed by atoms with Crippen molar-refractivity contribution in [3.63, 3.8) is 0 Å². The molecule has 51 heavy (non-hydrogen) atoms. The SMILES string of the molecule is COc1cc(C(CC(=O)NCC(c2ccccc2)N(C)C)c2c(O)cc3c(c2O)C(=O)O[C@@H](C)CCCC(=O)CCCC=C3)cc(OC)c1OC. The molecule has 0 spiro atoms. The smallest absolute Gasteiger partial charge is 0.342 e. The van der Waals surface area contributed by atoms with Crippen molar-refractivity contribution in [2.45, 2.75) is 69.9 Å². The number of rotatable bonds is 11. The van der Waals surface area contributed by atoms with Crippen LogP contribution in [0.15, 0.2) is 54.6 Å². The molecule has 1 aliphatic heterocycles. The highest BCUT2D eigenvalue weighted by molar-refractivity contribution is 5.98. The number of nitrogens with zero attached hydrogens (tertiary/aromatic N) is 1. The topological polar surface area (TPSA) is 144 Å². The van der Waals surface area contributed by atoms with Crippen LogP contribution in [0.3, 0.4) is 0 Å². The summed E-state index contributed by atoms with van der Waals surface area (Å²) in [5, 5.41) is 26.6. The van der Waals surface area contributed by atoms with Gasteiger partial charge in [0.15, 0.2) is 11.5 Å². The van der Waals surface area contributed by atoms with Crippen molar-refractivity contribution in [2.75, 3.05) is 42.0 Å². The van der Waals surface area contributed by atoms with Gasteiger partial charge in [0.2, 0.25) is 11.7 Å². The fraction of sp³-hybridized carbons (Fsp3) is 0.425. The number of methoxy groups -OCH3 is 3. The zero-order chi connectivity index (χ0) is 37.1. The van der Waals surface area contributed by atoms with Crippen LogP contribution >= 0.6 is 0 Å². The van der Waals surface area contributed by atoms with E-state index in [2.05, 4.69) is 5.32 Å². The number of hydrogen-bond donors (Lipinski definition) is 3. The minimum atomic E-state index is -0.980. The monoisotopic (exact) mass is 702 g/mol. The molecule has 1 amide bonds. The molecule has 11 nitrogen and oxygen atoms in total. The lowest BCUT2D eigenvalue weighted by atomic mass is 9.84. The normalized spacial score (nSPS) is 16.7. The number of phenolic OH excluding ortho intramolecular Hbond substituents is 2. The second-order valence-electron chi connectivity index (χ2n) is 13.0. The molecule has 3 aromatic carbocycles. The van der Waals surface area contributed by atoms with Crippen LogP contribution in [0.25, 0.3) is 6.08 Å². The number of likely N-dealkylation sites (N-methyl/N-ethyl adjacent to an activating group) is 1. The van der Waals surface area contributed by atoms with E-state index < -0.39 is 23.7 Å². The number of esters is 1. The van der Waals surface area contributed by atoms with Crippen molar-refractivity contribution in [3.05, 3.63) is 82.4 Å². The van der Waals surface area contributed by atoms with Crippen LogP contribution < -0.4 is 19.5 Å². The summed E-state index contributed by atoms with van der Waals surface area (Å²) in [7, 11) is 8.27. The van der Waals surface area contributed by atoms with Crippen LogP contribution in [0.2, 0.25) is 0 Å². The third kappa shape index (κ3) is 9.82. The van der Waals surface area contributed by atoms with Crippen LogP contribution in [-0.4, -0.2) is 80.8 Å². The Labute approximate surface area is 300 Å². The van der Waals surface area contributed by atoms with Gasteiger partial charge in [-0.3, -0.25) is 9.59 Å². The van der Waals surface area contributed by atoms with Gasteiger partial charge in [-0.25, -0.2) is 4.79 Å². The van der Waals surface area contributed by atoms with E-state index in [0.717, 1.165) is 5.56 Å². The highest BCUT2D eigenvalue weighted by Gasteiger charge is 2.32. The number of carbonyl (C=O) groups is 3. The average molecular weight is 703 g/mol. The zero-order valence-corrected chi connectivity index (χ0v) is 30.4. The Kier molecular flexibility index (Phi) is 13.9. The summed E-state index contributed by atoms with van der Waals surface area (Å²) >= 11 is 0. The maximum atomic E-state index is 13.8. The van der Waals surface area contributed by atoms with Crippen LogP contribution in [0.4, 0.5) is 0 Å². The molecule has 274 valence electrons. The number of fused-ring (bicyclic) bond motifs is 1. The Hall–Kier alpha value is -5.03. The number of allylic oxidation sites excluding steroid dienone is 1. The van der Waals surface area contributed by atoms with E-state index in [0.29, 0.717) is 67.9 Å². The number of ether oxygens (including phenoxy) is 4. The lowest BCUT2D eigenvalue weighted by molar-refractivity contribution is -0.121. The molecule has 0 radical (unpaired) electrons. The molecule has 3 N–H and O–H groups in total. The Balaban J connectivity index is 1.83. The highest BCUT2D eigenvalue weighted by Crippen LogP contribution is 2.47. The molecule has 1 aliphatic rings. The summed E-state index contributed by atoms with van der Waals surface area (Å²) in [6, 6.07) is 14.4. The number of amides is 1. The minimum Gasteiger partial charge on any atom is -0.507 e. The van der Waals surface area contributed by atoms with Gasteiger partial charge in [-0.15, -0.1) is 0 Å². The second kappa shape index (κ2) is 18.3. The van der Waals surface area contributed by atoms with Crippen molar-refractivity contribution >= 4 is 23.7 Å². The van der Waals surface area contributed by atoms with Crippen molar-refractivity contribution in [1.29, 1.82) is 0 Å². The molecule has 3 atom stereocenters. The molecule has 3 aromatic rings. The van der Waals surface area contributed by atoms with Gasteiger partial charge in [-0.1, -0.05) is 42.5 Å². The summed E-state index contributed by atoms with van der Waals surface area (Å²) in [5.74, 6) is -1.85. The number of aromatic hydroxyl groups is 2. The molecule has 4 rings (SSSR count). The first-order valence-electron chi connectivity index (χ1n) is 17.2. The zero-order valence-electron chi connectivity index (χ0n) is 30.4. The van der Waals surface area contributed by atoms with Gasteiger partial charge in [-0.05, 0) is 81.6 Å². The lowest BCUT2D eigenvalue weighted by Crippen LogP contribution is -2.35. The van der Waals surface area contributed by atoms with Crippen molar-refractivity contribution < 1.29 is 43.5 Å². The van der Waals surface area contributed by atoms with E-state index in [1.807, 2.05) is 49.3 Å². The number of carbonyl (C=O) groups excluding carboxylic acids is 3. The molecule has 11 heteroatoms. The van der Waals surface area contributed by atoms with Crippen molar-refractivity contribution in [1.82, 2.24) is 10.2 Å². The molecular formula is C40H50N2O9. The maximum absolute atomic E-state index is 13.8. The van der Waals surface area contributed by atoms with Crippen LogP contribution in [0.5, 0.6) is 28.7 Å². The number of Topliss-reactive ketones (excluding diaryl/α,β-unsaturated/α-hetero) is 1. The first-order valence-corrected chi connectivity index (χ1v) is 17.2. The Morgan fingerprint density at radius 3 is 2.25 bits per heavy atom. The first-order chi connectivity index (χ1) is 24.5. The Bertz CT molecular complexity index is 1680. The second-order valence-corrected chi connectivity index (χ2v) is 13.0. The fourth-order valence-corrected chi connectivity index (χ4v) is 6.45. The summed E-state index contributed by atoms with van der Waals surface area (Å²) in [5.41, 5.74) is 1.57. The van der Waals surface area contributed by atoms with E-state index in [4.69, 9.17) is 18.9 Å². The molecule has 0 saturated carbocycles. The Morgan fingerprint density at radius 1 is 0.961 bits per heavy atom. The molecule has 0 aromatic heterocycles. The van der Waals surface area contributed by atoms with Gasteiger partial charge in [0.05, 0.1) is 33.5 Å². The standard InChI is InChI=1S/C40H50N2O9/c1-25-14-13-19-29(43)18-12-8-11-17-27-20-32(44)37(38(46)36(27)40(47)51-25)30(28-21-33(48-4)39(50-6)34(22-28)49-5)23-35(45)41-24-31(42(2)3)26-15-9-7-10-16-26/h7,9-11,15-17,20-22,25,30-31,44,46H,8,12-14,18-19,23-24H2,1-6H3,(H,41,45)/t25-,30?,31?/m0/s1. The molecule has 2 unspecified atom stereocenters. The van der Waals surface area contributed by atoms with Crippen molar-refractivity contribution in [3.8, 4) is 28.7 Å². The number of benzene rings is 3. The predicted molar refractivity (Wildman–Crippen MR) is 195 cm³/mol. The van der Waals surface area contributed by atoms with E-state index in [9.17, 15) is 24.6 Å². The van der Waals surface area contributed by atoms with E-state index in [-0.39, 0.29) is 46.6 Å². The molecule has 0 fully saturated rings. The molecule has 1 heterocycles. The third-order valence-corrected chi connectivity index (χ3v) is 9.18. The van der Waals surface area contributed by atoms with Gasteiger partial charge >= 0.3 is 5.97 Å². The lowest BCUT2D eigenvalue weighted by Gasteiger charge is -2.27. The van der Waals surface area contributed by atoms with E-state index >= 15 is 0 Å².